The average molecular weight is 237 g/mol. The number of aromatic nitrogens is 2. The summed E-state index contributed by atoms with van der Waals surface area (Å²) in [5.41, 5.74) is 1.81. The van der Waals surface area contributed by atoms with Crippen molar-refractivity contribution in [3.8, 4) is 0 Å². The molecule has 4 heteroatoms. The summed E-state index contributed by atoms with van der Waals surface area (Å²) in [6, 6.07) is 3.71. The summed E-state index contributed by atoms with van der Waals surface area (Å²) in [4.78, 5) is 4.44. The standard InChI is InChI=1S/C12H13ClN2O/c1-3-16-9(2)6-11-8-15-7-10(13)4-5-12(15)14-11/h4-5,7-8H,2-3,6H2,1H3. The summed E-state index contributed by atoms with van der Waals surface area (Å²) in [5, 5.41) is 0.695. The van der Waals surface area contributed by atoms with Crippen LogP contribution < -0.4 is 0 Å². The van der Waals surface area contributed by atoms with Crippen molar-refractivity contribution in [1.82, 2.24) is 9.38 Å². The van der Waals surface area contributed by atoms with Crippen LogP contribution in [0, 0.1) is 0 Å². The van der Waals surface area contributed by atoms with E-state index in [1.807, 2.05) is 35.9 Å². The second kappa shape index (κ2) is 4.58. The number of rotatable bonds is 4. The SMILES string of the molecule is C=C(Cc1cn2cc(Cl)ccc2n1)OCC. The van der Waals surface area contributed by atoms with Gasteiger partial charge < -0.3 is 9.14 Å². The van der Waals surface area contributed by atoms with Gasteiger partial charge in [-0.05, 0) is 19.1 Å². The van der Waals surface area contributed by atoms with Crippen molar-refractivity contribution in [3.63, 3.8) is 0 Å². The molecule has 2 rings (SSSR count). The minimum Gasteiger partial charge on any atom is -0.498 e. The highest BCUT2D eigenvalue weighted by Gasteiger charge is 2.04. The van der Waals surface area contributed by atoms with Gasteiger partial charge in [0.1, 0.15) is 5.65 Å². The van der Waals surface area contributed by atoms with Gasteiger partial charge in [0, 0.05) is 18.8 Å². The normalized spacial score (nSPS) is 10.6. The van der Waals surface area contributed by atoms with Crippen LogP contribution in [-0.2, 0) is 11.2 Å². The molecule has 84 valence electrons. The zero-order chi connectivity index (χ0) is 11.5. The number of hydrogen-bond acceptors (Lipinski definition) is 2. The first-order chi connectivity index (χ1) is 7.69. The molecule has 0 saturated carbocycles. The summed E-state index contributed by atoms with van der Waals surface area (Å²) in [6.07, 6.45) is 4.40. The number of fused-ring (bicyclic) bond motifs is 1. The van der Waals surface area contributed by atoms with Crippen LogP contribution in [0.3, 0.4) is 0 Å². The minimum atomic E-state index is 0.632. The number of allylic oxidation sites excluding steroid dienone is 1. The van der Waals surface area contributed by atoms with E-state index >= 15 is 0 Å². The number of ether oxygens (including phenoxy) is 1. The molecule has 0 saturated heterocycles. The molecule has 0 spiro atoms. The fraction of sp³-hybridized carbons (Fsp3) is 0.250. The van der Waals surface area contributed by atoms with Gasteiger partial charge in [0.2, 0.25) is 0 Å². The first-order valence-corrected chi connectivity index (χ1v) is 5.50. The van der Waals surface area contributed by atoms with E-state index in [1.54, 1.807) is 0 Å². The first-order valence-electron chi connectivity index (χ1n) is 5.12. The van der Waals surface area contributed by atoms with E-state index in [9.17, 15) is 0 Å². The molecule has 0 aromatic carbocycles. The van der Waals surface area contributed by atoms with E-state index in [0.29, 0.717) is 18.1 Å². The van der Waals surface area contributed by atoms with E-state index < -0.39 is 0 Å². The molecular formula is C12H13ClN2O. The molecule has 0 bridgehead atoms. The van der Waals surface area contributed by atoms with Gasteiger partial charge in [-0.1, -0.05) is 18.2 Å². The Hall–Kier alpha value is -1.48. The zero-order valence-electron chi connectivity index (χ0n) is 9.11. The third kappa shape index (κ3) is 2.36. The van der Waals surface area contributed by atoms with Gasteiger partial charge in [0.05, 0.1) is 23.1 Å². The Balaban J connectivity index is 2.23. The van der Waals surface area contributed by atoms with Crippen LogP contribution >= 0.6 is 11.6 Å². The number of nitrogens with zero attached hydrogens (tertiary/aromatic N) is 2. The van der Waals surface area contributed by atoms with Crippen LogP contribution in [0.25, 0.3) is 5.65 Å². The molecule has 16 heavy (non-hydrogen) atoms. The molecule has 2 aromatic rings. The Labute approximate surface area is 99.3 Å². The van der Waals surface area contributed by atoms with Crippen molar-refractivity contribution in [2.75, 3.05) is 6.61 Å². The lowest BCUT2D eigenvalue weighted by Gasteiger charge is -2.03. The number of imidazole rings is 1. The molecule has 3 nitrogen and oxygen atoms in total. The highest BCUT2D eigenvalue weighted by molar-refractivity contribution is 6.30. The molecule has 0 amide bonds. The molecule has 0 atom stereocenters. The van der Waals surface area contributed by atoms with Crippen molar-refractivity contribution in [3.05, 3.63) is 47.6 Å². The van der Waals surface area contributed by atoms with E-state index in [4.69, 9.17) is 16.3 Å². The molecule has 0 radical (unpaired) electrons. The summed E-state index contributed by atoms with van der Waals surface area (Å²) < 4.78 is 7.20. The lowest BCUT2D eigenvalue weighted by atomic mass is 10.3. The maximum atomic E-state index is 5.89. The van der Waals surface area contributed by atoms with Crippen LogP contribution in [-0.4, -0.2) is 16.0 Å². The molecule has 0 N–H and O–H groups in total. The summed E-state index contributed by atoms with van der Waals surface area (Å²) in [7, 11) is 0. The molecular weight excluding hydrogens is 224 g/mol. The smallest absolute Gasteiger partial charge is 0.137 e. The lowest BCUT2D eigenvalue weighted by Crippen LogP contribution is -1.94. The van der Waals surface area contributed by atoms with E-state index in [0.717, 1.165) is 17.1 Å². The molecule has 0 aliphatic rings. The van der Waals surface area contributed by atoms with Gasteiger partial charge in [-0.2, -0.15) is 0 Å². The van der Waals surface area contributed by atoms with Crippen molar-refractivity contribution < 1.29 is 4.74 Å². The third-order valence-corrected chi connectivity index (χ3v) is 2.42. The lowest BCUT2D eigenvalue weighted by molar-refractivity contribution is 0.224. The summed E-state index contributed by atoms with van der Waals surface area (Å²) in [6.45, 7) is 6.41. The zero-order valence-corrected chi connectivity index (χ0v) is 9.87. The van der Waals surface area contributed by atoms with Gasteiger partial charge in [-0.15, -0.1) is 0 Å². The van der Waals surface area contributed by atoms with Crippen LogP contribution in [0.5, 0.6) is 0 Å². The molecule has 0 unspecified atom stereocenters. The molecule has 0 aliphatic carbocycles. The topological polar surface area (TPSA) is 26.5 Å². The second-order valence-corrected chi connectivity index (χ2v) is 3.93. The summed E-state index contributed by atoms with van der Waals surface area (Å²) in [5.74, 6) is 0.733. The first kappa shape index (κ1) is 11.0. The van der Waals surface area contributed by atoms with E-state index in [-0.39, 0.29) is 0 Å². The fourth-order valence-corrected chi connectivity index (χ4v) is 1.73. The van der Waals surface area contributed by atoms with Gasteiger partial charge in [-0.25, -0.2) is 4.98 Å². The minimum absolute atomic E-state index is 0.632. The Morgan fingerprint density at radius 2 is 2.31 bits per heavy atom. The van der Waals surface area contributed by atoms with E-state index in [1.165, 1.54) is 0 Å². The van der Waals surface area contributed by atoms with Crippen LogP contribution in [0.4, 0.5) is 0 Å². The maximum absolute atomic E-state index is 5.89. The number of halogens is 1. The highest BCUT2D eigenvalue weighted by Crippen LogP contribution is 2.13. The predicted octanol–water partition coefficient (Wildman–Crippen LogP) is 3.08. The van der Waals surface area contributed by atoms with Crippen LogP contribution in [0.15, 0.2) is 36.9 Å². The van der Waals surface area contributed by atoms with Gasteiger partial charge >= 0.3 is 0 Å². The quantitative estimate of drug-likeness (QED) is 0.763. The Morgan fingerprint density at radius 3 is 3.06 bits per heavy atom. The van der Waals surface area contributed by atoms with Gasteiger partial charge in [0.25, 0.3) is 0 Å². The Kier molecular flexibility index (Phi) is 3.15. The molecule has 0 fully saturated rings. The van der Waals surface area contributed by atoms with Gasteiger partial charge in [-0.3, -0.25) is 0 Å². The Morgan fingerprint density at radius 1 is 1.50 bits per heavy atom. The van der Waals surface area contributed by atoms with Crippen molar-refractivity contribution in [2.24, 2.45) is 0 Å². The largest absolute Gasteiger partial charge is 0.498 e. The van der Waals surface area contributed by atoms with Crippen molar-refractivity contribution >= 4 is 17.2 Å². The summed E-state index contributed by atoms with van der Waals surface area (Å²) >= 11 is 5.89. The van der Waals surface area contributed by atoms with Crippen molar-refractivity contribution in [1.29, 1.82) is 0 Å². The average Bonchev–Trinajstić information content (AvgIpc) is 2.59. The highest BCUT2D eigenvalue weighted by atomic mass is 35.5. The maximum Gasteiger partial charge on any atom is 0.137 e. The van der Waals surface area contributed by atoms with Crippen LogP contribution in [0.2, 0.25) is 5.02 Å². The molecule has 2 heterocycles. The van der Waals surface area contributed by atoms with Crippen LogP contribution in [0.1, 0.15) is 12.6 Å². The van der Waals surface area contributed by atoms with Gasteiger partial charge in [0.15, 0.2) is 0 Å². The third-order valence-electron chi connectivity index (χ3n) is 2.19. The second-order valence-electron chi connectivity index (χ2n) is 3.49. The van der Waals surface area contributed by atoms with E-state index in [2.05, 4.69) is 11.6 Å². The monoisotopic (exact) mass is 236 g/mol. The fourth-order valence-electron chi connectivity index (χ4n) is 1.56. The molecule has 0 aliphatic heterocycles. The van der Waals surface area contributed by atoms with Crippen molar-refractivity contribution in [2.45, 2.75) is 13.3 Å². The number of hydrogen-bond donors (Lipinski definition) is 0. The predicted molar refractivity (Wildman–Crippen MR) is 64.7 cm³/mol. The Bertz CT molecular complexity index is 519. The molecule has 2 aromatic heterocycles. The number of pyridine rings is 1.